The second-order valence-corrected chi connectivity index (χ2v) is 7.54. The highest BCUT2D eigenvalue weighted by Crippen LogP contribution is 2.20. The van der Waals surface area contributed by atoms with Gasteiger partial charge in [-0.3, -0.25) is 0 Å². The third-order valence-corrected chi connectivity index (χ3v) is 5.29. The quantitative estimate of drug-likeness (QED) is 0.616. The van der Waals surface area contributed by atoms with Crippen molar-refractivity contribution in [3.8, 4) is 5.75 Å². The summed E-state index contributed by atoms with van der Waals surface area (Å²) in [5.74, 6) is 1.66. The summed E-state index contributed by atoms with van der Waals surface area (Å²) in [4.78, 5) is 23.2. The van der Waals surface area contributed by atoms with Crippen LogP contribution in [0.1, 0.15) is 24.1 Å². The molecule has 29 heavy (non-hydrogen) atoms. The molecule has 4 rings (SSSR count). The molecule has 1 aromatic carbocycles. The number of anilines is 2. The zero-order valence-corrected chi connectivity index (χ0v) is 16.8. The predicted octanol–water partition coefficient (Wildman–Crippen LogP) is 4.04. The van der Waals surface area contributed by atoms with Crippen molar-refractivity contribution in [1.82, 2.24) is 15.3 Å². The van der Waals surface area contributed by atoms with E-state index in [1.807, 2.05) is 35.7 Å². The molecule has 0 aliphatic carbocycles. The van der Waals surface area contributed by atoms with Crippen LogP contribution in [0.25, 0.3) is 0 Å². The van der Waals surface area contributed by atoms with Crippen LogP contribution in [0.15, 0.2) is 53.5 Å². The van der Waals surface area contributed by atoms with Gasteiger partial charge in [0.25, 0.3) is 0 Å². The summed E-state index contributed by atoms with van der Waals surface area (Å²) < 4.78 is 5.72. The zero-order chi connectivity index (χ0) is 19.9. The van der Waals surface area contributed by atoms with E-state index in [0.717, 1.165) is 30.2 Å². The van der Waals surface area contributed by atoms with Gasteiger partial charge in [-0.1, -0.05) is 6.07 Å². The summed E-state index contributed by atoms with van der Waals surface area (Å²) >= 11 is 1.53. The fraction of sp³-hybridized carbons (Fsp3) is 0.286. The van der Waals surface area contributed by atoms with Gasteiger partial charge in [-0.25, -0.2) is 14.8 Å². The van der Waals surface area contributed by atoms with E-state index < -0.39 is 0 Å². The number of amides is 2. The molecule has 0 radical (unpaired) electrons. The Bertz CT molecular complexity index is 942. The van der Waals surface area contributed by atoms with Crippen molar-refractivity contribution in [1.29, 1.82) is 0 Å². The number of hydrogen-bond acceptors (Lipinski definition) is 6. The number of thiazole rings is 1. The Hall–Kier alpha value is -3.13. The van der Waals surface area contributed by atoms with Crippen molar-refractivity contribution in [2.75, 3.05) is 23.3 Å². The molecule has 0 spiro atoms. The van der Waals surface area contributed by atoms with Gasteiger partial charge in [-0.2, -0.15) is 0 Å². The van der Waals surface area contributed by atoms with E-state index in [1.54, 1.807) is 17.8 Å². The summed E-state index contributed by atoms with van der Waals surface area (Å²) in [7, 11) is 0. The van der Waals surface area contributed by atoms with Crippen LogP contribution in [-0.2, 0) is 13.2 Å². The van der Waals surface area contributed by atoms with Crippen LogP contribution in [0.4, 0.5) is 16.3 Å². The number of pyridine rings is 1. The highest BCUT2D eigenvalue weighted by atomic mass is 32.1. The van der Waals surface area contributed by atoms with Crippen molar-refractivity contribution in [3.05, 3.63) is 64.7 Å². The molecule has 3 heterocycles. The first kappa shape index (κ1) is 19.2. The molecule has 2 aromatic heterocycles. The Labute approximate surface area is 173 Å². The summed E-state index contributed by atoms with van der Waals surface area (Å²) in [6, 6.07) is 11.0. The maximum atomic E-state index is 12.3. The van der Waals surface area contributed by atoms with Gasteiger partial charge in [0.15, 0.2) is 0 Å². The van der Waals surface area contributed by atoms with Crippen LogP contribution >= 0.6 is 11.3 Å². The molecule has 1 fully saturated rings. The number of rotatable bonds is 7. The molecule has 0 atom stereocenters. The summed E-state index contributed by atoms with van der Waals surface area (Å²) in [6.07, 6.45) is 4.21. The van der Waals surface area contributed by atoms with E-state index in [-0.39, 0.29) is 6.03 Å². The first-order chi connectivity index (χ1) is 14.3. The molecule has 150 valence electrons. The third kappa shape index (κ3) is 5.45. The van der Waals surface area contributed by atoms with Crippen LogP contribution in [0.2, 0.25) is 0 Å². The molecule has 2 amide bonds. The number of ether oxygens (including phenoxy) is 1. The van der Waals surface area contributed by atoms with Gasteiger partial charge in [0, 0.05) is 43.0 Å². The minimum Gasteiger partial charge on any atom is -0.487 e. The lowest BCUT2D eigenvalue weighted by molar-refractivity contribution is 0.251. The maximum absolute atomic E-state index is 12.3. The average Bonchev–Trinajstić information content (AvgIpc) is 3.45. The molecule has 0 saturated carbocycles. The standard InChI is InChI=1S/C21H23N5O2S/c27-21(23-12-16-6-7-22-20(10-16)26-8-1-2-9-26)25-17-4-3-5-19(11-17)28-13-18-14-29-15-24-18/h3-7,10-11,14-15H,1-2,8-9,12-13H2,(H2,23,25,27). The van der Waals surface area contributed by atoms with Crippen LogP contribution in [0.3, 0.4) is 0 Å². The first-order valence-corrected chi connectivity index (χ1v) is 10.6. The fourth-order valence-corrected chi connectivity index (χ4v) is 3.72. The molecule has 8 heteroatoms. The lowest BCUT2D eigenvalue weighted by atomic mass is 10.2. The van der Waals surface area contributed by atoms with Gasteiger partial charge >= 0.3 is 6.03 Å². The Morgan fingerprint density at radius 3 is 2.90 bits per heavy atom. The molecule has 3 aromatic rings. The van der Waals surface area contributed by atoms with Gasteiger partial charge in [0.2, 0.25) is 0 Å². The minimum absolute atomic E-state index is 0.263. The zero-order valence-electron chi connectivity index (χ0n) is 16.0. The van der Waals surface area contributed by atoms with Crippen molar-refractivity contribution in [3.63, 3.8) is 0 Å². The fourth-order valence-electron chi connectivity index (χ4n) is 3.18. The van der Waals surface area contributed by atoms with Gasteiger partial charge in [0.1, 0.15) is 18.2 Å². The second-order valence-electron chi connectivity index (χ2n) is 6.82. The normalized spacial score (nSPS) is 13.3. The maximum Gasteiger partial charge on any atom is 0.319 e. The van der Waals surface area contributed by atoms with Crippen molar-refractivity contribution < 1.29 is 9.53 Å². The smallest absolute Gasteiger partial charge is 0.319 e. The lowest BCUT2D eigenvalue weighted by Crippen LogP contribution is -2.28. The van der Waals surface area contributed by atoms with E-state index in [1.165, 1.54) is 24.2 Å². The monoisotopic (exact) mass is 409 g/mol. The molecule has 1 saturated heterocycles. The van der Waals surface area contributed by atoms with E-state index in [9.17, 15) is 4.79 Å². The number of aromatic nitrogens is 2. The van der Waals surface area contributed by atoms with Gasteiger partial charge in [-0.05, 0) is 42.7 Å². The van der Waals surface area contributed by atoms with Crippen molar-refractivity contribution >= 4 is 28.9 Å². The molecule has 7 nitrogen and oxygen atoms in total. The number of urea groups is 1. The van der Waals surface area contributed by atoms with E-state index >= 15 is 0 Å². The number of benzene rings is 1. The van der Waals surface area contributed by atoms with Crippen LogP contribution in [0, 0.1) is 0 Å². The molecule has 1 aliphatic rings. The van der Waals surface area contributed by atoms with Crippen molar-refractivity contribution in [2.45, 2.75) is 26.0 Å². The van der Waals surface area contributed by atoms with E-state index in [2.05, 4.69) is 25.5 Å². The first-order valence-electron chi connectivity index (χ1n) is 9.61. The third-order valence-electron chi connectivity index (χ3n) is 4.66. The number of nitrogens with zero attached hydrogens (tertiary/aromatic N) is 3. The van der Waals surface area contributed by atoms with Gasteiger partial charge in [-0.15, -0.1) is 11.3 Å². The molecule has 1 aliphatic heterocycles. The molecular weight excluding hydrogens is 386 g/mol. The van der Waals surface area contributed by atoms with Crippen LogP contribution in [-0.4, -0.2) is 29.1 Å². The summed E-state index contributed by atoms with van der Waals surface area (Å²) in [6.45, 7) is 2.94. The molecule has 2 N–H and O–H groups in total. The van der Waals surface area contributed by atoms with Gasteiger partial charge < -0.3 is 20.3 Å². The molecular formula is C21H23N5O2S. The number of nitrogens with one attached hydrogen (secondary N) is 2. The Kier molecular flexibility index (Phi) is 6.21. The Morgan fingerprint density at radius 1 is 1.17 bits per heavy atom. The molecule has 0 bridgehead atoms. The molecule has 0 unspecified atom stereocenters. The van der Waals surface area contributed by atoms with Gasteiger partial charge in [0.05, 0.1) is 11.2 Å². The second kappa shape index (κ2) is 9.38. The largest absolute Gasteiger partial charge is 0.487 e. The van der Waals surface area contributed by atoms with E-state index in [4.69, 9.17) is 4.74 Å². The van der Waals surface area contributed by atoms with E-state index in [0.29, 0.717) is 24.6 Å². The number of hydrogen-bond donors (Lipinski definition) is 2. The minimum atomic E-state index is -0.263. The summed E-state index contributed by atoms with van der Waals surface area (Å²) in [5.41, 5.74) is 4.36. The average molecular weight is 410 g/mol. The predicted molar refractivity (Wildman–Crippen MR) is 114 cm³/mol. The van der Waals surface area contributed by atoms with Crippen molar-refractivity contribution in [2.24, 2.45) is 0 Å². The number of carbonyl (C=O) groups excluding carboxylic acids is 1. The summed E-state index contributed by atoms with van der Waals surface area (Å²) in [5, 5.41) is 7.69. The SMILES string of the molecule is O=C(NCc1ccnc(N2CCCC2)c1)Nc1cccc(OCc2cscn2)c1. The van der Waals surface area contributed by atoms with Crippen LogP contribution < -0.4 is 20.3 Å². The highest BCUT2D eigenvalue weighted by Gasteiger charge is 2.13. The Balaban J connectivity index is 1.28. The Morgan fingerprint density at radius 2 is 2.07 bits per heavy atom. The topological polar surface area (TPSA) is 79.4 Å². The number of carbonyl (C=O) groups is 1. The highest BCUT2D eigenvalue weighted by molar-refractivity contribution is 7.07. The lowest BCUT2D eigenvalue weighted by Gasteiger charge is -2.17. The van der Waals surface area contributed by atoms with Crippen LogP contribution in [0.5, 0.6) is 5.75 Å².